The van der Waals surface area contributed by atoms with E-state index in [1.165, 1.54) is 5.56 Å². The molecule has 2 N–H and O–H groups in total. The molecule has 2 unspecified atom stereocenters. The molecule has 3 nitrogen and oxygen atoms in total. The highest BCUT2D eigenvalue weighted by atomic mass is 32.1. The van der Waals surface area contributed by atoms with Gasteiger partial charge in [0.1, 0.15) is 0 Å². The average molecular weight is 240 g/mol. The van der Waals surface area contributed by atoms with Crippen molar-refractivity contribution in [3.05, 3.63) is 22.4 Å². The van der Waals surface area contributed by atoms with Crippen LogP contribution < -0.4 is 10.6 Å². The maximum Gasteiger partial charge on any atom is 0.0623 e. The lowest BCUT2D eigenvalue weighted by Crippen LogP contribution is -2.40. The van der Waals surface area contributed by atoms with E-state index in [0.717, 1.165) is 32.8 Å². The molecule has 1 aromatic heterocycles. The molecule has 2 atom stereocenters. The molecule has 0 radical (unpaired) electrons. The largest absolute Gasteiger partial charge is 0.379 e. The van der Waals surface area contributed by atoms with E-state index >= 15 is 0 Å². The van der Waals surface area contributed by atoms with Crippen LogP contribution in [0.3, 0.4) is 0 Å². The predicted octanol–water partition coefficient (Wildman–Crippen LogP) is 1.46. The summed E-state index contributed by atoms with van der Waals surface area (Å²) in [6, 6.07) is 2.70. The summed E-state index contributed by atoms with van der Waals surface area (Å²) in [6.07, 6.45) is 0. The molecule has 0 bridgehead atoms. The fourth-order valence-electron chi connectivity index (χ4n) is 2.08. The lowest BCUT2D eigenvalue weighted by atomic mass is 10.0. The fourth-order valence-corrected chi connectivity index (χ4v) is 2.75. The van der Waals surface area contributed by atoms with E-state index in [2.05, 4.69) is 34.4 Å². The van der Waals surface area contributed by atoms with Crippen LogP contribution in [-0.4, -0.2) is 32.3 Å². The summed E-state index contributed by atoms with van der Waals surface area (Å²) < 4.78 is 5.51. The third-order valence-corrected chi connectivity index (χ3v) is 3.71. The summed E-state index contributed by atoms with van der Waals surface area (Å²) in [7, 11) is 0. The van der Waals surface area contributed by atoms with Gasteiger partial charge in [0, 0.05) is 25.0 Å². The maximum absolute atomic E-state index is 5.51. The molecule has 90 valence electrons. The van der Waals surface area contributed by atoms with Crippen molar-refractivity contribution >= 4 is 11.3 Å². The van der Waals surface area contributed by atoms with Crippen LogP contribution in [0.15, 0.2) is 16.8 Å². The Morgan fingerprint density at radius 3 is 3.19 bits per heavy atom. The van der Waals surface area contributed by atoms with Gasteiger partial charge in [-0.25, -0.2) is 0 Å². The lowest BCUT2D eigenvalue weighted by Gasteiger charge is -2.18. The van der Waals surface area contributed by atoms with E-state index < -0.39 is 0 Å². The van der Waals surface area contributed by atoms with Crippen LogP contribution in [-0.2, 0) is 11.3 Å². The molecule has 0 spiro atoms. The van der Waals surface area contributed by atoms with Crippen LogP contribution in [0.1, 0.15) is 12.5 Å². The molecule has 0 saturated carbocycles. The van der Waals surface area contributed by atoms with Crippen molar-refractivity contribution in [3.8, 4) is 0 Å². The van der Waals surface area contributed by atoms with Gasteiger partial charge in [0.05, 0.1) is 13.2 Å². The zero-order valence-electron chi connectivity index (χ0n) is 9.74. The van der Waals surface area contributed by atoms with Gasteiger partial charge in [-0.05, 0) is 28.9 Å². The van der Waals surface area contributed by atoms with E-state index in [-0.39, 0.29) is 0 Å². The predicted molar refractivity (Wildman–Crippen MR) is 67.8 cm³/mol. The summed E-state index contributed by atoms with van der Waals surface area (Å²) in [5, 5.41) is 11.3. The highest BCUT2D eigenvalue weighted by molar-refractivity contribution is 7.07. The van der Waals surface area contributed by atoms with Gasteiger partial charge in [-0.3, -0.25) is 0 Å². The fraction of sp³-hybridized carbons (Fsp3) is 0.667. The van der Waals surface area contributed by atoms with Crippen molar-refractivity contribution in [3.63, 3.8) is 0 Å². The Kier molecular flexibility index (Phi) is 4.78. The maximum atomic E-state index is 5.51. The minimum absolute atomic E-state index is 0.528. The second-order valence-electron chi connectivity index (χ2n) is 4.22. The lowest BCUT2D eigenvalue weighted by molar-refractivity contribution is 0.182. The summed E-state index contributed by atoms with van der Waals surface area (Å²) in [5.74, 6) is 0.610. The average Bonchev–Trinajstić information content (AvgIpc) is 2.91. The Balaban J connectivity index is 1.69. The standard InChI is InChI=1S/C12H20N2OS/c1-2-14-12-8-15-7-11(12)6-13-5-10-3-4-16-9-10/h3-4,9,11-14H,2,5-8H2,1H3. The number of likely N-dealkylation sites (N-methyl/N-ethyl adjacent to an activating group) is 1. The highest BCUT2D eigenvalue weighted by Gasteiger charge is 2.26. The minimum Gasteiger partial charge on any atom is -0.379 e. The first-order valence-corrected chi connectivity index (χ1v) is 6.87. The van der Waals surface area contributed by atoms with Crippen LogP contribution >= 0.6 is 11.3 Å². The van der Waals surface area contributed by atoms with Crippen molar-refractivity contribution in [2.75, 3.05) is 26.3 Å². The van der Waals surface area contributed by atoms with Gasteiger partial charge in [-0.2, -0.15) is 11.3 Å². The topological polar surface area (TPSA) is 33.3 Å². The third kappa shape index (κ3) is 3.28. The number of ether oxygens (including phenoxy) is 1. The summed E-state index contributed by atoms with van der Waals surface area (Å²) in [5.41, 5.74) is 1.38. The Morgan fingerprint density at radius 1 is 1.50 bits per heavy atom. The monoisotopic (exact) mass is 240 g/mol. The van der Waals surface area contributed by atoms with E-state index in [1.54, 1.807) is 11.3 Å². The second-order valence-corrected chi connectivity index (χ2v) is 5.00. The van der Waals surface area contributed by atoms with E-state index in [0.29, 0.717) is 12.0 Å². The molecule has 2 rings (SSSR count). The summed E-state index contributed by atoms with van der Waals surface area (Å²) in [6.45, 7) is 6.92. The molecule has 1 fully saturated rings. The molecule has 0 aliphatic carbocycles. The van der Waals surface area contributed by atoms with Crippen molar-refractivity contribution in [2.45, 2.75) is 19.5 Å². The van der Waals surface area contributed by atoms with E-state index in [9.17, 15) is 0 Å². The van der Waals surface area contributed by atoms with E-state index in [1.807, 2.05) is 0 Å². The van der Waals surface area contributed by atoms with Gasteiger partial charge >= 0.3 is 0 Å². The number of hydrogen-bond donors (Lipinski definition) is 2. The molecular weight excluding hydrogens is 220 g/mol. The first-order valence-electron chi connectivity index (χ1n) is 5.93. The van der Waals surface area contributed by atoms with Gasteiger partial charge in [0.2, 0.25) is 0 Å². The third-order valence-electron chi connectivity index (χ3n) is 2.98. The van der Waals surface area contributed by atoms with Gasteiger partial charge in [-0.1, -0.05) is 6.92 Å². The van der Waals surface area contributed by atoms with Crippen molar-refractivity contribution in [1.29, 1.82) is 0 Å². The Labute approximate surface area is 101 Å². The Bertz CT molecular complexity index is 289. The molecule has 0 amide bonds. The van der Waals surface area contributed by atoms with Crippen LogP contribution in [0, 0.1) is 5.92 Å². The van der Waals surface area contributed by atoms with Gasteiger partial charge in [0.25, 0.3) is 0 Å². The van der Waals surface area contributed by atoms with Crippen molar-refractivity contribution in [2.24, 2.45) is 5.92 Å². The smallest absolute Gasteiger partial charge is 0.0623 e. The van der Waals surface area contributed by atoms with Crippen LogP contribution in [0.5, 0.6) is 0 Å². The normalized spacial score (nSPS) is 25.1. The van der Waals surface area contributed by atoms with Crippen LogP contribution in [0.25, 0.3) is 0 Å². The number of nitrogens with one attached hydrogen (secondary N) is 2. The first-order chi connectivity index (χ1) is 7.90. The zero-order chi connectivity index (χ0) is 11.2. The molecule has 2 heterocycles. The van der Waals surface area contributed by atoms with Crippen LogP contribution in [0.4, 0.5) is 0 Å². The summed E-state index contributed by atoms with van der Waals surface area (Å²) >= 11 is 1.75. The molecule has 1 aliphatic rings. The van der Waals surface area contributed by atoms with E-state index in [4.69, 9.17) is 4.74 Å². The number of thiophene rings is 1. The Hall–Kier alpha value is -0.420. The molecule has 1 saturated heterocycles. The Morgan fingerprint density at radius 2 is 2.44 bits per heavy atom. The van der Waals surface area contributed by atoms with Gasteiger partial charge in [-0.15, -0.1) is 0 Å². The molecular formula is C12H20N2OS. The van der Waals surface area contributed by atoms with Crippen LogP contribution in [0.2, 0.25) is 0 Å². The molecule has 4 heteroatoms. The minimum atomic E-state index is 0.528. The zero-order valence-corrected chi connectivity index (χ0v) is 10.6. The molecule has 1 aromatic rings. The first kappa shape index (κ1) is 12.0. The molecule has 1 aliphatic heterocycles. The number of hydrogen-bond acceptors (Lipinski definition) is 4. The van der Waals surface area contributed by atoms with Crippen molar-refractivity contribution < 1.29 is 4.74 Å². The highest BCUT2D eigenvalue weighted by Crippen LogP contribution is 2.13. The quantitative estimate of drug-likeness (QED) is 0.790. The number of rotatable bonds is 6. The van der Waals surface area contributed by atoms with Gasteiger partial charge < -0.3 is 15.4 Å². The molecule has 16 heavy (non-hydrogen) atoms. The second kappa shape index (κ2) is 6.35. The molecule has 0 aromatic carbocycles. The van der Waals surface area contributed by atoms with Crippen molar-refractivity contribution in [1.82, 2.24) is 10.6 Å². The SMILES string of the molecule is CCNC1COCC1CNCc1ccsc1. The summed E-state index contributed by atoms with van der Waals surface area (Å²) in [4.78, 5) is 0. The van der Waals surface area contributed by atoms with Gasteiger partial charge in [0.15, 0.2) is 0 Å².